The van der Waals surface area contributed by atoms with Crippen LogP contribution in [0.2, 0.25) is 0 Å². The first-order valence-electron chi connectivity index (χ1n) is 5.97. The van der Waals surface area contributed by atoms with Gasteiger partial charge >= 0.3 is 12.0 Å². The number of aliphatic carboxylic acids is 1. The summed E-state index contributed by atoms with van der Waals surface area (Å²) in [5, 5.41) is 11.4. The van der Waals surface area contributed by atoms with Crippen LogP contribution in [0.3, 0.4) is 0 Å². The molecule has 5 nitrogen and oxygen atoms in total. The number of hydrogen-bond donors (Lipinski definition) is 2. The quantitative estimate of drug-likeness (QED) is 0.819. The van der Waals surface area contributed by atoms with Gasteiger partial charge in [0.05, 0.1) is 0 Å². The van der Waals surface area contributed by atoms with Gasteiger partial charge in [-0.3, -0.25) is 0 Å². The van der Waals surface area contributed by atoms with Crippen LogP contribution in [0.4, 0.5) is 10.5 Å². The molecule has 2 amide bonds. The fourth-order valence-corrected chi connectivity index (χ4v) is 1.42. The Kier molecular flexibility index (Phi) is 5.11. The second-order valence-electron chi connectivity index (χ2n) is 4.19. The van der Waals surface area contributed by atoms with Gasteiger partial charge in [0, 0.05) is 25.4 Å². The second-order valence-corrected chi connectivity index (χ2v) is 4.19. The van der Waals surface area contributed by atoms with Gasteiger partial charge in [-0.05, 0) is 43.2 Å². The van der Waals surface area contributed by atoms with Crippen molar-refractivity contribution in [3.05, 3.63) is 35.4 Å². The molecule has 0 heterocycles. The molecule has 0 atom stereocenters. The molecular weight excluding hydrogens is 244 g/mol. The number of amides is 2. The fourth-order valence-electron chi connectivity index (χ4n) is 1.42. The maximum absolute atomic E-state index is 11.7. The first-order chi connectivity index (χ1) is 8.93. The van der Waals surface area contributed by atoms with Gasteiger partial charge in [-0.25, -0.2) is 9.59 Å². The summed E-state index contributed by atoms with van der Waals surface area (Å²) < 4.78 is 0. The van der Waals surface area contributed by atoms with Crippen molar-refractivity contribution in [1.82, 2.24) is 4.90 Å². The number of urea groups is 1. The second kappa shape index (κ2) is 6.58. The number of nitrogens with one attached hydrogen (secondary N) is 1. The molecule has 0 spiro atoms. The summed E-state index contributed by atoms with van der Waals surface area (Å²) in [6.07, 6.45) is 2.59. The van der Waals surface area contributed by atoms with Crippen LogP contribution >= 0.6 is 0 Å². The third-order valence-corrected chi connectivity index (χ3v) is 2.76. The lowest BCUT2D eigenvalue weighted by Crippen LogP contribution is -2.30. The first-order valence-corrected chi connectivity index (χ1v) is 5.97. The highest BCUT2D eigenvalue weighted by atomic mass is 16.4. The Hall–Kier alpha value is -2.30. The summed E-state index contributed by atoms with van der Waals surface area (Å²) >= 11 is 0. The van der Waals surface area contributed by atoms with Crippen LogP contribution in [0.5, 0.6) is 0 Å². The minimum Gasteiger partial charge on any atom is -0.478 e. The summed E-state index contributed by atoms with van der Waals surface area (Å²) in [5.74, 6) is -1.00. The Morgan fingerprint density at radius 3 is 2.68 bits per heavy atom. The molecule has 2 N–H and O–H groups in total. The third kappa shape index (κ3) is 4.46. The van der Waals surface area contributed by atoms with E-state index in [9.17, 15) is 9.59 Å². The molecule has 19 heavy (non-hydrogen) atoms. The largest absolute Gasteiger partial charge is 0.478 e. The van der Waals surface area contributed by atoms with Gasteiger partial charge in [-0.15, -0.1) is 0 Å². The molecule has 5 heteroatoms. The van der Waals surface area contributed by atoms with Gasteiger partial charge in [0.15, 0.2) is 0 Å². The standard InChI is InChI=1S/C14H18N2O3/c1-4-16(3)14(19)15-12-7-5-10(2)11(9-12)6-8-13(17)18/h5-9H,4H2,1-3H3,(H,15,19)(H,17,18). The Morgan fingerprint density at radius 2 is 2.11 bits per heavy atom. The zero-order valence-corrected chi connectivity index (χ0v) is 11.3. The van der Waals surface area contributed by atoms with Crippen LogP contribution in [0.15, 0.2) is 24.3 Å². The van der Waals surface area contributed by atoms with Crippen LogP contribution in [0, 0.1) is 6.92 Å². The van der Waals surface area contributed by atoms with E-state index in [-0.39, 0.29) is 6.03 Å². The Morgan fingerprint density at radius 1 is 1.42 bits per heavy atom. The molecule has 102 valence electrons. The maximum atomic E-state index is 11.7. The molecule has 1 aromatic rings. The van der Waals surface area contributed by atoms with Gasteiger partial charge in [-0.2, -0.15) is 0 Å². The lowest BCUT2D eigenvalue weighted by Gasteiger charge is -2.16. The normalized spacial score (nSPS) is 10.5. The number of aryl methyl sites for hydroxylation is 1. The lowest BCUT2D eigenvalue weighted by atomic mass is 10.1. The van der Waals surface area contributed by atoms with Crippen molar-refractivity contribution in [2.75, 3.05) is 18.9 Å². The van der Waals surface area contributed by atoms with Crippen LogP contribution in [-0.4, -0.2) is 35.6 Å². The van der Waals surface area contributed by atoms with E-state index < -0.39 is 5.97 Å². The smallest absolute Gasteiger partial charge is 0.328 e. The Balaban J connectivity index is 2.90. The first kappa shape index (κ1) is 14.8. The minimum absolute atomic E-state index is 0.195. The number of carboxylic acids is 1. The zero-order chi connectivity index (χ0) is 14.4. The maximum Gasteiger partial charge on any atom is 0.328 e. The zero-order valence-electron chi connectivity index (χ0n) is 11.3. The number of benzene rings is 1. The van der Waals surface area contributed by atoms with E-state index in [2.05, 4.69) is 5.32 Å². The molecule has 0 radical (unpaired) electrons. The van der Waals surface area contributed by atoms with Crippen molar-refractivity contribution >= 4 is 23.8 Å². The van der Waals surface area contributed by atoms with E-state index >= 15 is 0 Å². The number of carbonyl (C=O) groups excluding carboxylic acids is 1. The molecular formula is C14H18N2O3. The van der Waals surface area contributed by atoms with Gasteiger partial charge < -0.3 is 15.3 Å². The molecule has 0 unspecified atom stereocenters. The summed E-state index contributed by atoms with van der Waals surface area (Å²) in [5.41, 5.74) is 2.35. The summed E-state index contributed by atoms with van der Waals surface area (Å²) in [6.45, 7) is 4.38. The molecule has 0 bridgehead atoms. The number of carboxylic acid groups (broad SMARTS) is 1. The predicted octanol–water partition coefficient (Wildman–Crippen LogP) is 2.58. The number of anilines is 1. The fraction of sp³-hybridized carbons (Fsp3) is 0.286. The summed E-state index contributed by atoms with van der Waals surface area (Å²) in [7, 11) is 1.70. The van der Waals surface area contributed by atoms with Crippen molar-refractivity contribution in [3.8, 4) is 0 Å². The highest BCUT2D eigenvalue weighted by Crippen LogP contribution is 2.17. The van der Waals surface area contributed by atoms with Crippen molar-refractivity contribution in [3.63, 3.8) is 0 Å². The molecule has 0 fully saturated rings. The monoisotopic (exact) mass is 262 g/mol. The predicted molar refractivity (Wildman–Crippen MR) is 75.2 cm³/mol. The molecule has 0 aromatic heterocycles. The highest BCUT2D eigenvalue weighted by Gasteiger charge is 2.07. The van der Waals surface area contributed by atoms with Crippen LogP contribution in [0.1, 0.15) is 18.1 Å². The van der Waals surface area contributed by atoms with Gasteiger partial charge in [-0.1, -0.05) is 6.07 Å². The Bertz CT molecular complexity index is 509. The van der Waals surface area contributed by atoms with Gasteiger partial charge in [0.2, 0.25) is 0 Å². The van der Waals surface area contributed by atoms with E-state index in [0.717, 1.165) is 17.2 Å². The van der Waals surface area contributed by atoms with Gasteiger partial charge in [0.25, 0.3) is 0 Å². The van der Waals surface area contributed by atoms with Crippen molar-refractivity contribution < 1.29 is 14.7 Å². The molecule has 0 aliphatic rings. The number of carbonyl (C=O) groups is 2. The molecule has 1 rings (SSSR count). The minimum atomic E-state index is -1.00. The van der Waals surface area contributed by atoms with E-state index in [1.54, 1.807) is 24.1 Å². The average molecular weight is 262 g/mol. The Labute approximate surface area is 112 Å². The molecule has 0 saturated heterocycles. The van der Waals surface area contributed by atoms with E-state index in [0.29, 0.717) is 12.2 Å². The molecule has 1 aromatic carbocycles. The van der Waals surface area contributed by atoms with E-state index in [1.165, 1.54) is 6.08 Å². The van der Waals surface area contributed by atoms with Crippen molar-refractivity contribution in [2.45, 2.75) is 13.8 Å². The van der Waals surface area contributed by atoms with Crippen LogP contribution in [0.25, 0.3) is 6.08 Å². The van der Waals surface area contributed by atoms with Crippen molar-refractivity contribution in [1.29, 1.82) is 0 Å². The number of rotatable bonds is 4. The summed E-state index contributed by atoms with van der Waals surface area (Å²) in [6, 6.07) is 5.17. The van der Waals surface area contributed by atoms with Crippen LogP contribution in [-0.2, 0) is 4.79 Å². The summed E-state index contributed by atoms with van der Waals surface area (Å²) in [4.78, 5) is 23.8. The van der Waals surface area contributed by atoms with E-state index in [4.69, 9.17) is 5.11 Å². The van der Waals surface area contributed by atoms with Crippen LogP contribution < -0.4 is 5.32 Å². The lowest BCUT2D eigenvalue weighted by molar-refractivity contribution is -0.131. The molecule has 0 saturated carbocycles. The molecule has 0 aliphatic heterocycles. The number of hydrogen-bond acceptors (Lipinski definition) is 2. The molecule has 0 aliphatic carbocycles. The third-order valence-electron chi connectivity index (χ3n) is 2.76. The van der Waals surface area contributed by atoms with Crippen molar-refractivity contribution in [2.24, 2.45) is 0 Å². The SMILES string of the molecule is CCN(C)C(=O)Nc1ccc(C)c(C=CC(=O)O)c1. The topological polar surface area (TPSA) is 69.6 Å². The van der Waals surface area contributed by atoms with E-state index in [1.807, 2.05) is 19.9 Å². The highest BCUT2D eigenvalue weighted by molar-refractivity contribution is 5.90. The van der Waals surface area contributed by atoms with Gasteiger partial charge in [0.1, 0.15) is 0 Å². The number of nitrogens with zero attached hydrogens (tertiary/aromatic N) is 1. The average Bonchev–Trinajstić information content (AvgIpc) is 2.38.